The van der Waals surface area contributed by atoms with Crippen LogP contribution in [0.3, 0.4) is 0 Å². The molecular weight excluding hydrogens is 538 g/mol. The summed E-state index contributed by atoms with van der Waals surface area (Å²) >= 11 is 11.0. The minimum Gasteiger partial charge on any atom is -0.382 e. The summed E-state index contributed by atoms with van der Waals surface area (Å²) in [4.78, 5) is 40.2. The topological polar surface area (TPSA) is 106 Å². The SMILES string of the molecule is COCC(COC)(NC(=O)c1ccc(Br)s1)C(=O)Nc1ccc(N2CCOCC2=O)c(Cl)c1. The zero-order valence-corrected chi connectivity index (χ0v) is 21.1. The molecule has 0 radical (unpaired) electrons. The van der Waals surface area contributed by atoms with Crippen LogP contribution in [0.4, 0.5) is 11.4 Å². The van der Waals surface area contributed by atoms with Gasteiger partial charge in [-0.25, -0.2) is 0 Å². The van der Waals surface area contributed by atoms with Gasteiger partial charge >= 0.3 is 0 Å². The number of benzene rings is 1. The first-order valence-electron chi connectivity index (χ1n) is 9.84. The maximum absolute atomic E-state index is 13.3. The van der Waals surface area contributed by atoms with Crippen molar-refractivity contribution in [1.82, 2.24) is 5.32 Å². The van der Waals surface area contributed by atoms with Crippen LogP contribution < -0.4 is 15.5 Å². The van der Waals surface area contributed by atoms with Gasteiger partial charge in [0.15, 0.2) is 5.54 Å². The molecule has 0 spiro atoms. The van der Waals surface area contributed by atoms with Crippen LogP contribution in [0.2, 0.25) is 5.02 Å². The quantitative estimate of drug-likeness (QED) is 0.489. The second kappa shape index (κ2) is 11.4. The predicted molar refractivity (Wildman–Crippen MR) is 129 cm³/mol. The van der Waals surface area contributed by atoms with Crippen molar-refractivity contribution in [3.05, 3.63) is 44.0 Å². The van der Waals surface area contributed by atoms with Crippen LogP contribution in [-0.2, 0) is 23.8 Å². The summed E-state index contributed by atoms with van der Waals surface area (Å²) in [6.07, 6.45) is 0. The number of morpholine rings is 1. The van der Waals surface area contributed by atoms with Crippen molar-refractivity contribution < 1.29 is 28.6 Å². The monoisotopic (exact) mass is 559 g/mol. The van der Waals surface area contributed by atoms with Crippen LogP contribution in [-0.4, -0.2) is 70.5 Å². The molecule has 3 rings (SSSR count). The molecule has 178 valence electrons. The fraction of sp³-hybridized carbons (Fsp3) is 0.381. The van der Waals surface area contributed by atoms with Crippen LogP contribution in [0, 0.1) is 0 Å². The lowest BCUT2D eigenvalue weighted by Gasteiger charge is -2.32. The first kappa shape index (κ1) is 25.6. The Labute approximate surface area is 208 Å². The molecule has 1 saturated heterocycles. The molecule has 1 fully saturated rings. The molecule has 3 amide bonds. The fourth-order valence-corrected chi connectivity index (χ4v) is 4.90. The summed E-state index contributed by atoms with van der Waals surface area (Å²) in [6, 6.07) is 8.22. The molecule has 1 aliphatic heterocycles. The van der Waals surface area contributed by atoms with E-state index in [2.05, 4.69) is 26.6 Å². The molecule has 12 heteroatoms. The maximum Gasteiger partial charge on any atom is 0.262 e. The third-order valence-corrected chi connectivity index (χ3v) is 6.77. The first-order valence-corrected chi connectivity index (χ1v) is 11.8. The van der Waals surface area contributed by atoms with Gasteiger partial charge in [0.05, 0.1) is 39.2 Å². The number of hydrogen-bond donors (Lipinski definition) is 2. The van der Waals surface area contributed by atoms with Gasteiger partial charge < -0.3 is 29.7 Å². The van der Waals surface area contributed by atoms with Crippen LogP contribution in [0.25, 0.3) is 0 Å². The van der Waals surface area contributed by atoms with Crippen LogP contribution >= 0.6 is 38.9 Å². The fourth-order valence-electron chi connectivity index (χ4n) is 3.34. The Balaban J connectivity index is 1.81. The van der Waals surface area contributed by atoms with Crippen molar-refractivity contribution in [3.63, 3.8) is 0 Å². The summed E-state index contributed by atoms with van der Waals surface area (Å²) in [5, 5.41) is 5.81. The Morgan fingerprint density at radius 1 is 1.24 bits per heavy atom. The Bertz CT molecular complexity index is 1030. The van der Waals surface area contributed by atoms with Gasteiger partial charge in [-0.15, -0.1) is 11.3 Å². The van der Waals surface area contributed by atoms with Gasteiger partial charge in [0.25, 0.3) is 17.7 Å². The van der Waals surface area contributed by atoms with E-state index in [1.807, 2.05) is 0 Å². The molecule has 0 bridgehead atoms. The smallest absolute Gasteiger partial charge is 0.262 e. The molecule has 0 aliphatic carbocycles. The highest BCUT2D eigenvalue weighted by Crippen LogP contribution is 2.30. The normalized spacial score (nSPS) is 14.3. The van der Waals surface area contributed by atoms with Crippen molar-refractivity contribution >= 4 is 68.0 Å². The van der Waals surface area contributed by atoms with Crippen LogP contribution in [0.1, 0.15) is 9.67 Å². The Hall–Kier alpha value is -2.02. The average Bonchev–Trinajstić information content (AvgIpc) is 3.21. The predicted octanol–water partition coefficient (Wildman–Crippen LogP) is 2.93. The molecule has 0 saturated carbocycles. The van der Waals surface area contributed by atoms with E-state index in [-0.39, 0.29) is 25.7 Å². The first-order chi connectivity index (χ1) is 15.8. The largest absolute Gasteiger partial charge is 0.382 e. The summed E-state index contributed by atoms with van der Waals surface area (Å²) in [5.74, 6) is -1.17. The van der Waals surface area contributed by atoms with Crippen molar-refractivity contribution in [2.45, 2.75) is 5.54 Å². The number of amides is 3. The molecule has 1 aromatic carbocycles. The number of hydrogen-bond acceptors (Lipinski definition) is 7. The van der Waals surface area contributed by atoms with E-state index in [4.69, 9.17) is 25.8 Å². The highest BCUT2D eigenvalue weighted by molar-refractivity contribution is 9.11. The van der Waals surface area contributed by atoms with E-state index in [1.165, 1.54) is 30.5 Å². The Morgan fingerprint density at radius 3 is 2.55 bits per heavy atom. The number of ether oxygens (including phenoxy) is 3. The third-order valence-electron chi connectivity index (χ3n) is 4.85. The minimum absolute atomic E-state index is 0.00805. The number of nitrogens with one attached hydrogen (secondary N) is 2. The second-order valence-electron chi connectivity index (χ2n) is 7.22. The van der Waals surface area contributed by atoms with E-state index >= 15 is 0 Å². The molecule has 1 aromatic heterocycles. The van der Waals surface area contributed by atoms with Crippen molar-refractivity contribution in [1.29, 1.82) is 0 Å². The summed E-state index contributed by atoms with van der Waals surface area (Å²) in [5.41, 5.74) is -0.582. The summed E-state index contributed by atoms with van der Waals surface area (Å²) < 4.78 is 16.4. The molecule has 2 N–H and O–H groups in total. The lowest BCUT2D eigenvalue weighted by Crippen LogP contribution is -2.62. The summed E-state index contributed by atoms with van der Waals surface area (Å²) in [7, 11) is 2.85. The summed E-state index contributed by atoms with van der Waals surface area (Å²) in [6.45, 7) is 0.543. The molecule has 1 aliphatic rings. The van der Waals surface area contributed by atoms with Gasteiger partial charge in [-0.3, -0.25) is 14.4 Å². The Kier molecular flexibility index (Phi) is 8.85. The van der Waals surface area contributed by atoms with Crippen LogP contribution in [0.5, 0.6) is 0 Å². The molecule has 33 heavy (non-hydrogen) atoms. The average molecular weight is 561 g/mol. The molecule has 9 nitrogen and oxygen atoms in total. The lowest BCUT2D eigenvalue weighted by atomic mass is 9.99. The van der Waals surface area contributed by atoms with Gasteiger partial charge in [0.2, 0.25) is 0 Å². The maximum atomic E-state index is 13.3. The minimum atomic E-state index is -1.50. The highest BCUT2D eigenvalue weighted by atomic mass is 79.9. The number of carbonyl (C=O) groups is 3. The number of rotatable bonds is 9. The van der Waals surface area contributed by atoms with Gasteiger partial charge in [-0.05, 0) is 46.3 Å². The van der Waals surface area contributed by atoms with E-state index < -0.39 is 17.4 Å². The number of nitrogens with zero attached hydrogens (tertiary/aromatic N) is 1. The van der Waals surface area contributed by atoms with E-state index in [1.54, 1.807) is 30.3 Å². The van der Waals surface area contributed by atoms with E-state index in [0.717, 1.165) is 3.79 Å². The zero-order valence-electron chi connectivity index (χ0n) is 18.0. The van der Waals surface area contributed by atoms with E-state index in [9.17, 15) is 14.4 Å². The standard InChI is InChI=1S/C21H23BrClN3O6S/c1-30-11-21(12-31-2,25-19(28)16-5-6-17(22)33-16)20(29)24-13-3-4-15(14(23)9-13)26-7-8-32-10-18(26)27/h3-6,9H,7-8,10-12H2,1-2H3,(H,24,29)(H,25,28). The number of anilines is 2. The molecule has 2 heterocycles. The van der Waals surface area contributed by atoms with Gasteiger partial charge in [-0.1, -0.05) is 11.6 Å². The number of methoxy groups -OCH3 is 2. The van der Waals surface area contributed by atoms with Crippen molar-refractivity contribution in [3.8, 4) is 0 Å². The molecule has 2 aromatic rings. The van der Waals surface area contributed by atoms with Crippen molar-refractivity contribution in [2.24, 2.45) is 0 Å². The number of thiophene rings is 1. The van der Waals surface area contributed by atoms with Gasteiger partial charge in [0, 0.05) is 26.5 Å². The van der Waals surface area contributed by atoms with E-state index in [0.29, 0.717) is 34.4 Å². The molecule has 0 unspecified atom stereocenters. The van der Waals surface area contributed by atoms with Gasteiger partial charge in [0.1, 0.15) is 6.61 Å². The van der Waals surface area contributed by atoms with Gasteiger partial charge in [-0.2, -0.15) is 0 Å². The third kappa shape index (κ3) is 6.11. The molecular formula is C21H23BrClN3O6S. The second-order valence-corrected chi connectivity index (χ2v) is 10.1. The zero-order chi connectivity index (χ0) is 24.0. The van der Waals surface area contributed by atoms with Crippen LogP contribution in [0.15, 0.2) is 34.1 Å². The van der Waals surface area contributed by atoms with Crippen molar-refractivity contribution in [2.75, 3.05) is 57.4 Å². The molecule has 0 atom stereocenters. The highest BCUT2D eigenvalue weighted by Gasteiger charge is 2.41. The lowest BCUT2D eigenvalue weighted by molar-refractivity contribution is -0.127. The number of halogens is 2. The Morgan fingerprint density at radius 2 is 1.97 bits per heavy atom. The number of carbonyl (C=O) groups excluding carboxylic acids is 3.